The van der Waals surface area contributed by atoms with Crippen molar-refractivity contribution in [2.24, 2.45) is 5.41 Å². The molecule has 5 nitrogen and oxygen atoms in total. The molecule has 2 aromatic heterocycles. The Bertz CT molecular complexity index is 798. The zero-order valence-corrected chi connectivity index (χ0v) is 14.9. The van der Waals surface area contributed by atoms with E-state index < -0.39 is 0 Å². The van der Waals surface area contributed by atoms with Crippen LogP contribution < -0.4 is 5.32 Å². The van der Waals surface area contributed by atoms with Crippen molar-refractivity contribution in [1.82, 2.24) is 15.0 Å². The lowest BCUT2D eigenvalue weighted by atomic mass is 9.90. The van der Waals surface area contributed by atoms with Gasteiger partial charge in [-0.1, -0.05) is 20.8 Å². The number of carbonyl (C=O) groups excluding carboxylic acids is 1. The molecule has 1 N–H and O–H groups in total. The molecule has 6 heteroatoms. The van der Waals surface area contributed by atoms with E-state index in [0.29, 0.717) is 23.8 Å². The fourth-order valence-electron chi connectivity index (χ4n) is 3.06. The van der Waals surface area contributed by atoms with Crippen LogP contribution in [0.1, 0.15) is 44.9 Å². The average molecular weight is 342 g/mol. The van der Waals surface area contributed by atoms with E-state index in [-0.39, 0.29) is 23.6 Å². The number of nitrogens with zero attached hydrogens (tertiary/aromatic N) is 3. The van der Waals surface area contributed by atoms with Crippen LogP contribution in [0.4, 0.5) is 10.2 Å². The molecule has 0 saturated carbocycles. The van der Waals surface area contributed by atoms with Crippen LogP contribution in [0.5, 0.6) is 0 Å². The second-order valence-electron chi connectivity index (χ2n) is 7.66. The predicted molar refractivity (Wildman–Crippen MR) is 94.8 cm³/mol. The normalized spacial score (nSPS) is 13.6. The minimum Gasteiger partial charge on any atom is -0.363 e. The molecule has 0 spiro atoms. The maximum atomic E-state index is 13.5. The lowest BCUT2D eigenvalue weighted by molar-refractivity contribution is -0.119. The molecule has 0 aromatic carbocycles. The number of anilines is 1. The van der Waals surface area contributed by atoms with Gasteiger partial charge < -0.3 is 5.32 Å². The summed E-state index contributed by atoms with van der Waals surface area (Å²) < 4.78 is 13.5. The van der Waals surface area contributed by atoms with E-state index in [4.69, 9.17) is 0 Å². The maximum absolute atomic E-state index is 13.5. The second kappa shape index (κ2) is 6.86. The minimum atomic E-state index is -0.371. The second-order valence-corrected chi connectivity index (χ2v) is 7.66. The van der Waals surface area contributed by atoms with E-state index in [2.05, 4.69) is 20.3 Å². The van der Waals surface area contributed by atoms with Gasteiger partial charge in [-0.3, -0.25) is 9.78 Å². The van der Waals surface area contributed by atoms with Crippen LogP contribution in [0.15, 0.2) is 18.3 Å². The van der Waals surface area contributed by atoms with Crippen LogP contribution in [-0.4, -0.2) is 27.3 Å². The molecule has 0 fully saturated rings. The number of aromatic nitrogens is 3. The van der Waals surface area contributed by atoms with Crippen molar-refractivity contribution in [2.45, 2.75) is 46.5 Å². The Hall–Kier alpha value is -2.37. The highest BCUT2D eigenvalue weighted by Crippen LogP contribution is 2.29. The highest BCUT2D eigenvalue weighted by molar-refractivity contribution is 5.83. The number of hydrogen-bond acceptors (Lipinski definition) is 5. The Balaban J connectivity index is 1.85. The molecule has 25 heavy (non-hydrogen) atoms. The summed E-state index contributed by atoms with van der Waals surface area (Å²) in [4.78, 5) is 25.4. The molecule has 2 aromatic rings. The van der Waals surface area contributed by atoms with Crippen molar-refractivity contribution in [1.29, 1.82) is 0 Å². The summed E-state index contributed by atoms with van der Waals surface area (Å²) in [6, 6.07) is 2.62. The van der Waals surface area contributed by atoms with Crippen molar-refractivity contribution >= 4 is 11.6 Å². The first-order chi connectivity index (χ1) is 11.8. The van der Waals surface area contributed by atoms with Crippen molar-refractivity contribution < 1.29 is 9.18 Å². The van der Waals surface area contributed by atoms with Crippen molar-refractivity contribution in [2.75, 3.05) is 11.9 Å². The van der Waals surface area contributed by atoms with Crippen LogP contribution >= 0.6 is 0 Å². The highest BCUT2D eigenvalue weighted by atomic mass is 19.1. The van der Waals surface area contributed by atoms with Gasteiger partial charge in [-0.2, -0.15) is 0 Å². The zero-order chi connectivity index (χ0) is 18.0. The van der Waals surface area contributed by atoms with Gasteiger partial charge in [0.05, 0.1) is 6.54 Å². The van der Waals surface area contributed by atoms with E-state index in [9.17, 15) is 9.18 Å². The SMILES string of the molecule is CC(C)(C)CC(=O)CNc1nc(-c2cc(F)ccn2)nc2c1CCC2. The van der Waals surface area contributed by atoms with E-state index in [0.717, 1.165) is 30.5 Å². The smallest absolute Gasteiger partial charge is 0.180 e. The number of pyridine rings is 1. The van der Waals surface area contributed by atoms with Gasteiger partial charge >= 0.3 is 0 Å². The van der Waals surface area contributed by atoms with Gasteiger partial charge in [0.2, 0.25) is 0 Å². The first-order valence-corrected chi connectivity index (χ1v) is 8.59. The van der Waals surface area contributed by atoms with Gasteiger partial charge in [-0.25, -0.2) is 14.4 Å². The lowest BCUT2D eigenvalue weighted by Gasteiger charge is -2.17. The number of Topliss-reactive ketones (excluding diaryl/α,β-unsaturated/α-hetero) is 1. The van der Waals surface area contributed by atoms with E-state index in [1.54, 1.807) is 0 Å². The van der Waals surface area contributed by atoms with Crippen molar-refractivity contribution in [3.05, 3.63) is 35.4 Å². The van der Waals surface area contributed by atoms with Crippen molar-refractivity contribution in [3.63, 3.8) is 0 Å². The molecule has 0 saturated heterocycles. The molecule has 0 radical (unpaired) electrons. The fourth-order valence-corrected chi connectivity index (χ4v) is 3.06. The summed E-state index contributed by atoms with van der Waals surface area (Å²) >= 11 is 0. The van der Waals surface area contributed by atoms with Gasteiger partial charge in [0.1, 0.15) is 17.3 Å². The molecule has 0 amide bonds. The summed E-state index contributed by atoms with van der Waals surface area (Å²) in [5, 5.41) is 3.17. The maximum Gasteiger partial charge on any atom is 0.180 e. The molecular weight excluding hydrogens is 319 g/mol. The van der Waals surface area contributed by atoms with E-state index in [1.165, 1.54) is 18.3 Å². The van der Waals surface area contributed by atoms with Crippen LogP contribution in [-0.2, 0) is 17.6 Å². The minimum absolute atomic E-state index is 0.0387. The fraction of sp³-hybridized carbons (Fsp3) is 0.474. The standard InChI is InChI=1S/C19H23FN4O/c1-19(2,3)10-13(25)11-22-17-14-5-4-6-15(14)23-18(24-17)16-9-12(20)7-8-21-16/h7-9H,4-6,10-11H2,1-3H3,(H,22,23,24). The monoisotopic (exact) mass is 342 g/mol. The van der Waals surface area contributed by atoms with Crippen LogP contribution in [0.3, 0.4) is 0 Å². The van der Waals surface area contributed by atoms with Gasteiger partial charge in [0, 0.05) is 29.9 Å². The number of nitrogens with one attached hydrogen (secondary N) is 1. The molecule has 0 unspecified atom stereocenters. The van der Waals surface area contributed by atoms with Gasteiger partial charge in [-0.05, 0) is 30.7 Å². The lowest BCUT2D eigenvalue weighted by Crippen LogP contribution is -2.21. The number of halogens is 1. The summed E-state index contributed by atoms with van der Waals surface area (Å²) in [5.41, 5.74) is 2.38. The van der Waals surface area contributed by atoms with Gasteiger partial charge in [0.25, 0.3) is 0 Å². The molecule has 0 bridgehead atoms. The van der Waals surface area contributed by atoms with Crippen molar-refractivity contribution in [3.8, 4) is 11.5 Å². The molecular formula is C19H23FN4O. The Morgan fingerprint density at radius 3 is 2.80 bits per heavy atom. The average Bonchev–Trinajstić information content (AvgIpc) is 2.99. The zero-order valence-electron chi connectivity index (χ0n) is 14.9. The molecule has 1 aliphatic rings. The number of hydrogen-bond donors (Lipinski definition) is 1. The topological polar surface area (TPSA) is 67.8 Å². The first kappa shape index (κ1) is 17.5. The van der Waals surface area contributed by atoms with Crippen LogP contribution in [0, 0.1) is 11.2 Å². The third kappa shape index (κ3) is 4.38. The summed E-state index contributed by atoms with van der Waals surface area (Å²) in [6.07, 6.45) is 4.67. The van der Waals surface area contributed by atoms with Crippen LogP contribution in [0.2, 0.25) is 0 Å². The Labute approximate surface area is 147 Å². The van der Waals surface area contributed by atoms with Crippen LogP contribution in [0.25, 0.3) is 11.5 Å². The summed E-state index contributed by atoms with van der Waals surface area (Å²) in [6.45, 7) is 6.36. The third-order valence-electron chi connectivity index (χ3n) is 4.06. The summed E-state index contributed by atoms with van der Waals surface area (Å²) in [5.74, 6) is 0.837. The number of fused-ring (bicyclic) bond motifs is 1. The molecule has 1 aliphatic carbocycles. The molecule has 3 rings (SSSR count). The Kier molecular flexibility index (Phi) is 4.79. The molecule has 2 heterocycles. The molecule has 0 aliphatic heterocycles. The Morgan fingerprint density at radius 1 is 1.28 bits per heavy atom. The van der Waals surface area contributed by atoms with E-state index in [1.807, 2.05) is 20.8 Å². The Morgan fingerprint density at radius 2 is 2.08 bits per heavy atom. The number of aryl methyl sites for hydroxylation is 1. The number of carbonyl (C=O) groups is 1. The third-order valence-corrected chi connectivity index (χ3v) is 4.06. The molecule has 132 valence electrons. The quantitative estimate of drug-likeness (QED) is 0.899. The summed E-state index contributed by atoms with van der Waals surface area (Å²) in [7, 11) is 0. The number of rotatable bonds is 5. The highest BCUT2D eigenvalue weighted by Gasteiger charge is 2.22. The largest absolute Gasteiger partial charge is 0.363 e. The number of ketones is 1. The molecule has 0 atom stereocenters. The van der Waals surface area contributed by atoms with Gasteiger partial charge in [-0.15, -0.1) is 0 Å². The first-order valence-electron chi connectivity index (χ1n) is 8.59. The van der Waals surface area contributed by atoms with Gasteiger partial charge in [0.15, 0.2) is 11.6 Å². The predicted octanol–water partition coefficient (Wildman–Crippen LogP) is 3.58. The van der Waals surface area contributed by atoms with E-state index >= 15 is 0 Å².